The third kappa shape index (κ3) is 4.65. The SMILES string of the molecule is CN1CCN(c2ccc(OC(F)(F)F)c(Nc3ncc4c(n3)-c3c(c(C(=O)O)nn3C)CC4)c2)CC1. The fourth-order valence-corrected chi connectivity index (χ4v) is 4.60. The van der Waals surface area contributed by atoms with Gasteiger partial charge in [0.15, 0.2) is 11.4 Å². The van der Waals surface area contributed by atoms with E-state index in [0.29, 0.717) is 29.8 Å². The molecule has 2 aliphatic rings. The molecule has 1 aliphatic carbocycles. The van der Waals surface area contributed by atoms with Crippen LogP contribution in [0.4, 0.5) is 30.5 Å². The van der Waals surface area contributed by atoms with Crippen LogP contribution in [0.3, 0.4) is 0 Å². The van der Waals surface area contributed by atoms with Gasteiger partial charge in [0.05, 0.1) is 17.1 Å². The monoisotopic (exact) mass is 503 g/mol. The number of piperazine rings is 1. The van der Waals surface area contributed by atoms with Crippen molar-refractivity contribution in [3.8, 4) is 17.1 Å². The third-order valence-corrected chi connectivity index (χ3v) is 6.38. The standard InChI is InChI=1S/C23H24F3N7O3/c1-31-7-9-33(10-8-31)14-4-6-17(36-23(24,25)26)16(11-14)28-22-27-12-13-3-5-15-19(21(34)35)30-32(2)20(15)18(13)29-22/h4,6,11-12H,3,5,7-10H2,1-2H3,(H,34,35)(H,27,28,29). The molecule has 2 N–H and O–H groups in total. The van der Waals surface area contributed by atoms with Gasteiger partial charge in [0, 0.05) is 50.7 Å². The number of hydrogen-bond donors (Lipinski definition) is 2. The zero-order valence-electron chi connectivity index (χ0n) is 19.6. The summed E-state index contributed by atoms with van der Waals surface area (Å²) in [6, 6.07) is 4.47. The maximum atomic E-state index is 13.1. The highest BCUT2D eigenvalue weighted by Crippen LogP contribution is 2.37. The molecule has 0 atom stereocenters. The number of aromatic carboxylic acids is 1. The molecule has 1 fully saturated rings. The summed E-state index contributed by atoms with van der Waals surface area (Å²) in [6.45, 7) is 3.14. The number of benzene rings is 1. The fourth-order valence-electron chi connectivity index (χ4n) is 4.60. The van der Waals surface area contributed by atoms with Crippen LogP contribution in [-0.4, -0.2) is 75.3 Å². The van der Waals surface area contributed by atoms with E-state index in [9.17, 15) is 23.1 Å². The van der Waals surface area contributed by atoms with E-state index in [-0.39, 0.29) is 17.3 Å². The van der Waals surface area contributed by atoms with Crippen LogP contribution in [0.1, 0.15) is 21.6 Å². The van der Waals surface area contributed by atoms with Crippen LogP contribution < -0.4 is 15.0 Å². The molecule has 3 aromatic rings. The van der Waals surface area contributed by atoms with Crippen LogP contribution in [0.15, 0.2) is 24.4 Å². The summed E-state index contributed by atoms with van der Waals surface area (Å²) in [5.41, 5.74) is 3.19. The van der Waals surface area contributed by atoms with Gasteiger partial charge in [-0.25, -0.2) is 14.8 Å². The maximum Gasteiger partial charge on any atom is 0.573 e. The molecule has 10 nitrogen and oxygen atoms in total. The summed E-state index contributed by atoms with van der Waals surface area (Å²) in [5, 5.41) is 16.5. The second kappa shape index (κ2) is 8.97. The molecule has 1 aromatic carbocycles. The summed E-state index contributed by atoms with van der Waals surface area (Å²) >= 11 is 0. The number of likely N-dealkylation sites (N-methyl/N-ethyl adjacent to an activating group) is 1. The second-order valence-electron chi connectivity index (χ2n) is 8.82. The van der Waals surface area contributed by atoms with Gasteiger partial charge in [0.2, 0.25) is 5.95 Å². The van der Waals surface area contributed by atoms with Gasteiger partial charge >= 0.3 is 12.3 Å². The summed E-state index contributed by atoms with van der Waals surface area (Å²) in [5.74, 6) is -1.48. The minimum Gasteiger partial charge on any atom is -0.476 e. The number of ether oxygens (including phenoxy) is 1. The van der Waals surface area contributed by atoms with Crippen LogP contribution in [0, 0.1) is 0 Å². The lowest BCUT2D eigenvalue weighted by molar-refractivity contribution is -0.274. The highest BCUT2D eigenvalue weighted by molar-refractivity contribution is 5.90. The van der Waals surface area contributed by atoms with E-state index in [1.54, 1.807) is 25.4 Å². The number of nitrogens with one attached hydrogen (secondary N) is 1. The molecule has 3 heterocycles. The number of halogens is 3. The van der Waals surface area contributed by atoms with Crippen LogP contribution in [-0.2, 0) is 19.9 Å². The molecule has 1 saturated heterocycles. The molecule has 13 heteroatoms. The van der Waals surface area contributed by atoms with Crippen LogP contribution in [0.2, 0.25) is 0 Å². The Morgan fingerprint density at radius 3 is 2.58 bits per heavy atom. The number of aryl methyl sites for hydroxylation is 2. The topological polar surface area (TPSA) is 109 Å². The molecule has 0 amide bonds. The van der Waals surface area contributed by atoms with E-state index < -0.39 is 18.1 Å². The number of rotatable bonds is 5. The van der Waals surface area contributed by atoms with Gasteiger partial charge < -0.3 is 25.0 Å². The van der Waals surface area contributed by atoms with Crippen molar-refractivity contribution >= 4 is 23.3 Å². The third-order valence-electron chi connectivity index (χ3n) is 6.38. The minimum atomic E-state index is -4.88. The summed E-state index contributed by atoms with van der Waals surface area (Å²) in [4.78, 5) is 24.7. The number of carboxylic acid groups (broad SMARTS) is 1. The molecule has 1 aliphatic heterocycles. The Hall–Kier alpha value is -3.87. The second-order valence-corrected chi connectivity index (χ2v) is 8.82. The molecular formula is C23H24F3N7O3. The van der Waals surface area contributed by atoms with E-state index in [1.807, 2.05) is 7.05 Å². The average Bonchev–Trinajstić information content (AvgIpc) is 3.17. The lowest BCUT2D eigenvalue weighted by Gasteiger charge is -2.34. The molecule has 0 unspecified atom stereocenters. The van der Waals surface area contributed by atoms with Crippen molar-refractivity contribution in [2.24, 2.45) is 7.05 Å². The Bertz CT molecular complexity index is 1320. The largest absolute Gasteiger partial charge is 0.573 e. The summed E-state index contributed by atoms with van der Waals surface area (Å²) in [6.07, 6.45) is -2.28. The fraction of sp³-hybridized carbons (Fsp3) is 0.391. The molecule has 0 saturated carbocycles. The highest BCUT2D eigenvalue weighted by Gasteiger charge is 2.33. The minimum absolute atomic E-state index is 0.0352. The first kappa shape index (κ1) is 23.9. The van der Waals surface area contributed by atoms with E-state index in [4.69, 9.17) is 0 Å². The first-order chi connectivity index (χ1) is 17.1. The molecular weight excluding hydrogens is 479 g/mol. The number of carboxylic acids is 1. The Morgan fingerprint density at radius 1 is 1.14 bits per heavy atom. The highest BCUT2D eigenvalue weighted by atomic mass is 19.4. The lowest BCUT2D eigenvalue weighted by Crippen LogP contribution is -2.44. The summed E-state index contributed by atoms with van der Waals surface area (Å²) in [7, 11) is 3.65. The van der Waals surface area contributed by atoms with E-state index in [0.717, 1.165) is 37.4 Å². The van der Waals surface area contributed by atoms with Crippen molar-refractivity contribution in [2.45, 2.75) is 19.2 Å². The zero-order chi connectivity index (χ0) is 25.6. The van der Waals surface area contributed by atoms with Gasteiger partial charge in [-0.2, -0.15) is 5.10 Å². The molecule has 190 valence electrons. The van der Waals surface area contributed by atoms with Gasteiger partial charge in [0.25, 0.3) is 0 Å². The Balaban J connectivity index is 1.51. The molecule has 2 aromatic heterocycles. The number of nitrogens with zero attached hydrogens (tertiary/aromatic N) is 6. The van der Waals surface area contributed by atoms with E-state index in [2.05, 4.69) is 34.9 Å². The van der Waals surface area contributed by atoms with Crippen molar-refractivity contribution in [1.29, 1.82) is 0 Å². The average molecular weight is 503 g/mol. The smallest absolute Gasteiger partial charge is 0.476 e. The van der Waals surface area contributed by atoms with Gasteiger partial charge in [0.1, 0.15) is 0 Å². The van der Waals surface area contributed by atoms with Gasteiger partial charge in [-0.05, 0) is 43.7 Å². The first-order valence-electron chi connectivity index (χ1n) is 11.3. The van der Waals surface area contributed by atoms with E-state index >= 15 is 0 Å². The van der Waals surface area contributed by atoms with Crippen molar-refractivity contribution in [3.05, 3.63) is 41.2 Å². The Labute approximate surface area is 204 Å². The molecule has 0 spiro atoms. The number of alkyl halides is 3. The molecule has 36 heavy (non-hydrogen) atoms. The van der Waals surface area contributed by atoms with Crippen molar-refractivity contribution < 1.29 is 27.8 Å². The Kier molecular flexibility index (Phi) is 5.94. The van der Waals surface area contributed by atoms with Crippen molar-refractivity contribution in [3.63, 3.8) is 0 Å². The predicted molar refractivity (Wildman–Crippen MR) is 125 cm³/mol. The van der Waals surface area contributed by atoms with Crippen LogP contribution >= 0.6 is 0 Å². The van der Waals surface area contributed by atoms with Crippen molar-refractivity contribution in [1.82, 2.24) is 24.6 Å². The maximum absolute atomic E-state index is 13.1. The van der Waals surface area contributed by atoms with Crippen LogP contribution in [0.5, 0.6) is 5.75 Å². The number of aromatic nitrogens is 4. The molecule has 5 rings (SSSR count). The number of anilines is 3. The molecule has 0 bridgehead atoms. The number of fused-ring (bicyclic) bond motifs is 3. The summed E-state index contributed by atoms with van der Waals surface area (Å²) < 4.78 is 45.0. The zero-order valence-corrected chi connectivity index (χ0v) is 19.6. The first-order valence-corrected chi connectivity index (χ1v) is 11.3. The van der Waals surface area contributed by atoms with Gasteiger partial charge in [-0.1, -0.05) is 0 Å². The predicted octanol–water partition coefficient (Wildman–Crippen LogP) is 3.07. The number of hydrogen-bond acceptors (Lipinski definition) is 8. The Morgan fingerprint density at radius 2 is 1.89 bits per heavy atom. The number of carbonyl (C=O) groups is 1. The van der Waals surface area contributed by atoms with Gasteiger partial charge in [-0.15, -0.1) is 13.2 Å². The van der Waals surface area contributed by atoms with Crippen LogP contribution in [0.25, 0.3) is 11.4 Å². The molecule has 0 radical (unpaired) electrons. The normalized spacial score (nSPS) is 15.9. The lowest BCUT2D eigenvalue weighted by atomic mass is 9.93. The van der Waals surface area contributed by atoms with E-state index in [1.165, 1.54) is 10.7 Å². The van der Waals surface area contributed by atoms with Crippen molar-refractivity contribution in [2.75, 3.05) is 43.4 Å². The van der Waals surface area contributed by atoms with Gasteiger partial charge in [-0.3, -0.25) is 4.68 Å². The quantitative estimate of drug-likeness (QED) is 0.543.